The van der Waals surface area contributed by atoms with Crippen molar-refractivity contribution in [2.45, 2.75) is 43.7 Å². The normalized spacial score (nSPS) is 48.5. The van der Waals surface area contributed by atoms with Crippen molar-refractivity contribution in [1.82, 2.24) is 4.90 Å². The lowest BCUT2D eigenvalue weighted by Crippen LogP contribution is -2.52. The summed E-state index contributed by atoms with van der Waals surface area (Å²) in [5.41, 5.74) is 0.187. The third kappa shape index (κ3) is 1.12. The van der Waals surface area contributed by atoms with E-state index in [9.17, 15) is 9.90 Å². The van der Waals surface area contributed by atoms with Gasteiger partial charge in [0, 0.05) is 0 Å². The summed E-state index contributed by atoms with van der Waals surface area (Å²) in [6.45, 7) is 2.04. The minimum Gasteiger partial charge on any atom is -0.389 e. The van der Waals surface area contributed by atoms with Gasteiger partial charge < -0.3 is 5.11 Å². The first kappa shape index (κ1) is 11.4. The molecule has 0 unspecified atom stereocenters. The Morgan fingerprint density at radius 2 is 2.18 bits per heavy atom. The topological polar surface area (TPSA) is 40.5 Å². The maximum Gasteiger partial charge on any atom is 0.163 e. The Morgan fingerprint density at radius 1 is 1.47 bits per heavy atom. The smallest absolute Gasteiger partial charge is 0.163 e. The summed E-state index contributed by atoms with van der Waals surface area (Å²) in [7, 11) is 4.07. The van der Waals surface area contributed by atoms with Crippen molar-refractivity contribution in [2.75, 3.05) is 14.1 Å². The number of hydrogen-bond donors (Lipinski definition) is 1. The van der Waals surface area contributed by atoms with Gasteiger partial charge in [-0.05, 0) is 57.8 Å². The summed E-state index contributed by atoms with van der Waals surface area (Å²) < 4.78 is 0. The monoisotopic (exact) mass is 235 g/mol. The van der Waals surface area contributed by atoms with Gasteiger partial charge in [-0.1, -0.05) is 6.42 Å². The van der Waals surface area contributed by atoms with Gasteiger partial charge in [0.15, 0.2) is 5.78 Å². The molecule has 3 heteroatoms. The highest BCUT2D eigenvalue weighted by molar-refractivity contribution is 5.99. The Bertz CT molecular complexity index is 414. The van der Waals surface area contributed by atoms with Crippen molar-refractivity contribution in [3.63, 3.8) is 0 Å². The molecule has 0 aromatic rings. The van der Waals surface area contributed by atoms with Crippen molar-refractivity contribution < 1.29 is 9.90 Å². The van der Waals surface area contributed by atoms with Crippen LogP contribution >= 0.6 is 0 Å². The number of carbonyl (C=O) groups is 1. The summed E-state index contributed by atoms with van der Waals surface area (Å²) in [4.78, 5) is 14.4. The second-order valence-corrected chi connectivity index (χ2v) is 6.27. The number of ketones is 1. The van der Waals surface area contributed by atoms with Gasteiger partial charge in [0.1, 0.15) is 0 Å². The lowest BCUT2D eigenvalue weighted by atomic mass is 9.78. The minimum absolute atomic E-state index is 0.142. The predicted octanol–water partition coefficient (Wildman–Crippen LogP) is 1.37. The zero-order chi connectivity index (χ0) is 12.4. The molecule has 0 bridgehead atoms. The molecule has 3 rings (SSSR count). The molecule has 1 N–H and O–H groups in total. The van der Waals surface area contributed by atoms with Gasteiger partial charge in [-0.15, -0.1) is 0 Å². The van der Waals surface area contributed by atoms with E-state index in [1.54, 1.807) is 6.08 Å². The molecular formula is C14H21NO2. The highest BCUT2D eigenvalue weighted by Gasteiger charge is 2.68. The number of allylic oxidation sites excluding steroid dienone is 1. The van der Waals surface area contributed by atoms with Crippen molar-refractivity contribution in [1.29, 1.82) is 0 Å². The quantitative estimate of drug-likeness (QED) is 0.746. The molecule has 0 aromatic carbocycles. The van der Waals surface area contributed by atoms with Crippen LogP contribution in [0.25, 0.3) is 0 Å². The number of nitrogens with zero attached hydrogens (tertiary/aromatic N) is 1. The predicted molar refractivity (Wildman–Crippen MR) is 65.6 cm³/mol. The maximum absolute atomic E-state index is 12.3. The first-order valence-corrected chi connectivity index (χ1v) is 6.55. The maximum atomic E-state index is 12.3. The van der Waals surface area contributed by atoms with E-state index in [4.69, 9.17) is 0 Å². The Kier molecular flexibility index (Phi) is 2.15. The molecule has 0 aromatic heterocycles. The van der Waals surface area contributed by atoms with E-state index in [2.05, 4.69) is 4.90 Å². The van der Waals surface area contributed by atoms with Crippen LogP contribution in [0.2, 0.25) is 0 Å². The van der Waals surface area contributed by atoms with Gasteiger partial charge in [-0.2, -0.15) is 0 Å². The lowest BCUT2D eigenvalue weighted by molar-refractivity contribution is -0.129. The molecule has 94 valence electrons. The molecule has 0 spiro atoms. The van der Waals surface area contributed by atoms with Crippen LogP contribution in [0.5, 0.6) is 0 Å². The Hall–Kier alpha value is -0.670. The molecule has 0 amide bonds. The van der Waals surface area contributed by atoms with Gasteiger partial charge in [0.05, 0.1) is 17.1 Å². The van der Waals surface area contributed by atoms with E-state index in [0.29, 0.717) is 5.92 Å². The standard InChI is InChI=1S/C14H21NO2/c1-9-7-11(16)12-13(9,15(2)3)8-10-5-4-6-14(10,12)17/h7,10,12,17H,4-6,8H2,1-3H3/t10-,12-,13-,14+/m0/s1. The number of fused-ring (bicyclic) bond motifs is 3. The fourth-order valence-electron chi connectivity index (χ4n) is 4.74. The van der Waals surface area contributed by atoms with E-state index in [-0.39, 0.29) is 17.2 Å². The fraction of sp³-hybridized carbons (Fsp3) is 0.786. The van der Waals surface area contributed by atoms with E-state index in [1.165, 1.54) is 0 Å². The summed E-state index contributed by atoms with van der Waals surface area (Å²) in [5, 5.41) is 10.9. The van der Waals surface area contributed by atoms with Crippen molar-refractivity contribution in [3.8, 4) is 0 Å². The molecule has 2 saturated carbocycles. The zero-order valence-electron chi connectivity index (χ0n) is 10.9. The molecular weight excluding hydrogens is 214 g/mol. The van der Waals surface area contributed by atoms with Crippen LogP contribution in [0, 0.1) is 11.8 Å². The summed E-state index contributed by atoms with van der Waals surface area (Å²) in [6.07, 6.45) is 5.63. The van der Waals surface area contributed by atoms with E-state index >= 15 is 0 Å². The molecule has 3 aliphatic rings. The summed E-state index contributed by atoms with van der Waals surface area (Å²) in [6, 6.07) is 0. The SMILES string of the molecule is CC1=CC(=O)[C@@H]2[C@@]3(O)CCC[C@H]3C[C@]12N(C)C. The average Bonchev–Trinajstić information content (AvgIpc) is 2.76. The van der Waals surface area contributed by atoms with Gasteiger partial charge in [-0.3, -0.25) is 9.69 Å². The third-order valence-electron chi connectivity index (χ3n) is 5.50. The van der Waals surface area contributed by atoms with Crippen LogP contribution in [0.3, 0.4) is 0 Å². The molecule has 0 heterocycles. The molecule has 0 aliphatic heterocycles. The first-order valence-electron chi connectivity index (χ1n) is 6.55. The minimum atomic E-state index is -0.740. The van der Waals surface area contributed by atoms with E-state index < -0.39 is 5.60 Å². The van der Waals surface area contributed by atoms with Gasteiger partial charge in [0.2, 0.25) is 0 Å². The van der Waals surface area contributed by atoms with Gasteiger partial charge >= 0.3 is 0 Å². The highest BCUT2D eigenvalue weighted by Crippen LogP contribution is 2.61. The molecule has 3 nitrogen and oxygen atoms in total. The number of hydrogen-bond acceptors (Lipinski definition) is 3. The number of aliphatic hydroxyl groups is 1. The van der Waals surface area contributed by atoms with E-state index in [0.717, 1.165) is 31.3 Å². The van der Waals surface area contributed by atoms with Crippen LogP contribution in [0.15, 0.2) is 11.6 Å². The van der Waals surface area contributed by atoms with Crippen molar-refractivity contribution in [2.24, 2.45) is 11.8 Å². The molecule has 2 fully saturated rings. The zero-order valence-corrected chi connectivity index (χ0v) is 10.9. The van der Waals surface area contributed by atoms with Crippen LogP contribution in [-0.2, 0) is 4.79 Å². The number of rotatable bonds is 1. The fourth-order valence-corrected chi connectivity index (χ4v) is 4.74. The van der Waals surface area contributed by atoms with Crippen molar-refractivity contribution >= 4 is 5.78 Å². The van der Waals surface area contributed by atoms with Crippen LogP contribution < -0.4 is 0 Å². The lowest BCUT2D eigenvalue weighted by Gasteiger charge is -2.40. The van der Waals surface area contributed by atoms with Crippen LogP contribution in [0.4, 0.5) is 0 Å². The van der Waals surface area contributed by atoms with Crippen LogP contribution in [-0.4, -0.2) is 41.0 Å². The Balaban J connectivity index is 2.13. The third-order valence-corrected chi connectivity index (χ3v) is 5.50. The van der Waals surface area contributed by atoms with E-state index in [1.807, 2.05) is 21.0 Å². The van der Waals surface area contributed by atoms with Crippen LogP contribution in [0.1, 0.15) is 32.6 Å². The number of carbonyl (C=O) groups excluding carboxylic acids is 1. The van der Waals surface area contributed by atoms with Crippen molar-refractivity contribution in [3.05, 3.63) is 11.6 Å². The molecule has 4 atom stereocenters. The molecule has 17 heavy (non-hydrogen) atoms. The Morgan fingerprint density at radius 3 is 2.82 bits per heavy atom. The number of likely N-dealkylation sites (N-methyl/N-ethyl adjacent to an activating group) is 1. The molecule has 0 radical (unpaired) electrons. The summed E-state index contributed by atoms with van der Waals surface area (Å²) >= 11 is 0. The second kappa shape index (κ2) is 3.21. The molecule has 3 aliphatic carbocycles. The van der Waals surface area contributed by atoms with Gasteiger partial charge in [-0.25, -0.2) is 0 Å². The summed E-state index contributed by atoms with van der Waals surface area (Å²) in [5.74, 6) is 0.225. The average molecular weight is 235 g/mol. The molecule has 0 saturated heterocycles. The highest BCUT2D eigenvalue weighted by atomic mass is 16.3. The van der Waals surface area contributed by atoms with Gasteiger partial charge in [0.25, 0.3) is 0 Å². The Labute approximate surface area is 102 Å². The second-order valence-electron chi connectivity index (χ2n) is 6.27. The largest absolute Gasteiger partial charge is 0.389 e. The first-order chi connectivity index (χ1) is 7.93.